The summed E-state index contributed by atoms with van der Waals surface area (Å²) in [6.07, 6.45) is 0. The number of ether oxygens (including phenoxy) is 1. The van der Waals surface area contributed by atoms with Gasteiger partial charge in [-0.3, -0.25) is 0 Å². The highest BCUT2D eigenvalue weighted by Crippen LogP contribution is 2.15. The first-order valence-electron chi connectivity index (χ1n) is 5.01. The molecule has 0 fully saturated rings. The molecule has 4 heteroatoms. The molecule has 2 unspecified atom stereocenters. The first-order valence-corrected chi connectivity index (χ1v) is 6.13. The van der Waals surface area contributed by atoms with E-state index in [9.17, 15) is 0 Å². The van der Waals surface area contributed by atoms with Crippen LogP contribution in [0.5, 0.6) is 5.88 Å². The van der Waals surface area contributed by atoms with Crippen molar-refractivity contribution in [2.75, 3.05) is 17.8 Å². The van der Waals surface area contributed by atoms with Crippen molar-refractivity contribution < 1.29 is 4.74 Å². The third-order valence-corrected chi connectivity index (χ3v) is 3.43. The van der Waals surface area contributed by atoms with E-state index in [1.54, 1.807) is 7.11 Å². The lowest BCUT2D eigenvalue weighted by Gasteiger charge is -2.19. The predicted octanol–water partition coefficient (Wildman–Crippen LogP) is 2.92. The minimum atomic E-state index is 0.379. The van der Waals surface area contributed by atoms with E-state index >= 15 is 0 Å². The molecule has 0 saturated carbocycles. The topological polar surface area (TPSA) is 34.1 Å². The molecule has 1 heterocycles. The Balaban J connectivity index is 2.63. The summed E-state index contributed by atoms with van der Waals surface area (Å²) >= 11 is 3.47. The van der Waals surface area contributed by atoms with Crippen LogP contribution in [0.2, 0.25) is 0 Å². The Morgan fingerprint density at radius 1 is 1.47 bits per heavy atom. The zero-order valence-corrected chi connectivity index (χ0v) is 10.9. The van der Waals surface area contributed by atoms with Gasteiger partial charge in [-0.1, -0.05) is 28.9 Å². The average Bonchev–Trinajstić information content (AvgIpc) is 2.28. The number of aromatic nitrogens is 1. The minimum absolute atomic E-state index is 0.379. The molecule has 1 aromatic heterocycles. The van der Waals surface area contributed by atoms with Crippen molar-refractivity contribution in [2.45, 2.75) is 19.9 Å². The van der Waals surface area contributed by atoms with Crippen molar-refractivity contribution in [2.24, 2.45) is 5.92 Å². The maximum absolute atomic E-state index is 5.06. The number of hydrogen-bond acceptors (Lipinski definition) is 3. The summed E-state index contributed by atoms with van der Waals surface area (Å²) < 4.78 is 5.06. The first kappa shape index (κ1) is 12.3. The summed E-state index contributed by atoms with van der Waals surface area (Å²) in [5.74, 6) is 2.05. The van der Waals surface area contributed by atoms with Gasteiger partial charge in [-0.05, 0) is 18.9 Å². The second kappa shape index (κ2) is 5.95. The molecule has 84 valence electrons. The molecule has 0 aromatic carbocycles. The van der Waals surface area contributed by atoms with Crippen LogP contribution in [-0.2, 0) is 0 Å². The lowest BCUT2D eigenvalue weighted by Crippen LogP contribution is -2.25. The van der Waals surface area contributed by atoms with E-state index < -0.39 is 0 Å². The molecule has 1 rings (SSSR count). The van der Waals surface area contributed by atoms with Gasteiger partial charge < -0.3 is 10.1 Å². The fourth-order valence-electron chi connectivity index (χ4n) is 1.12. The van der Waals surface area contributed by atoms with Crippen molar-refractivity contribution in [1.82, 2.24) is 4.98 Å². The molecular weight excluding hydrogens is 256 g/mol. The van der Waals surface area contributed by atoms with E-state index in [0.29, 0.717) is 17.8 Å². The lowest BCUT2D eigenvalue weighted by atomic mass is 10.1. The van der Waals surface area contributed by atoms with Gasteiger partial charge in [0.2, 0.25) is 5.88 Å². The van der Waals surface area contributed by atoms with Crippen LogP contribution < -0.4 is 10.1 Å². The molecule has 0 aliphatic carbocycles. The average molecular weight is 273 g/mol. The summed E-state index contributed by atoms with van der Waals surface area (Å²) in [6, 6.07) is 6.09. The predicted molar refractivity (Wildman–Crippen MR) is 66.8 cm³/mol. The molecule has 0 bridgehead atoms. The molecule has 1 N–H and O–H groups in total. The smallest absolute Gasteiger partial charge is 0.214 e. The van der Waals surface area contributed by atoms with Crippen LogP contribution in [-0.4, -0.2) is 23.5 Å². The standard InChI is InChI=1S/C11H17BrN2O/c1-8(7-12)9(2)13-10-5-4-6-11(14-10)15-3/h4-6,8-9H,7H2,1-3H3,(H,13,14). The molecule has 2 atom stereocenters. The Morgan fingerprint density at radius 3 is 2.80 bits per heavy atom. The van der Waals surface area contributed by atoms with Gasteiger partial charge in [0, 0.05) is 17.4 Å². The lowest BCUT2D eigenvalue weighted by molar-refractivity contribution is 0.398. The quantitative estimate of drug-likeness (QED) is 0.837. The largest absolute Gasteiger partial charge is 0.481 e. The second-order valence-electron chi connectivity index (χ2n) is 3.63. The van der Waals surface area contributed by atoms with Gasteiger partial charge in [0.1, 0.15) is 5.82 Å². The number of pyridine rings is 1. The number of nitrogens with one attached hydrogen (secondary N) is 1. The number of methoxy groups -OCH3 is 1. The van der Waals surface area contributed by atoms with Crippen molar-refractivity contribution in [3.05, 3.63) is 18.2 Å². The molecule has 0 spiro atoms. The highest BCUT2D eigenvalue weighted by molar-refractivity contribution is 9.09. The number of rotatable bonds is 5. The van der Waals surface area contributed by atoms with Gasteiger partial charge in [-0.2, -0.15) is 4.98 Å². The third-order valence-electron chi connectivity index (χ3n) is 2.41. The molecule has 0 aliphatic rings. The number of anilines is 1. The fraction of sp³-hybridized carbons (Fsp3) is 0.545. The normalized spacial score (nSPS) is 14.4. The van der Waals surface area contributed by atoms with Crippen molar-refractivity contribution >= 4 is 21.7 Å². The Bertz CT molecular complexity index is 306. The Morgan fingerprint density at radius 2 is 2.20 bits per heavy atom. The van der Waals surface area contributed by atoms with Crippen LogP contribution in [0.1, 0.15) is 13.8 Å². The van der Waals surface area contributed by atoms with Crippen molar-refractivity contribution in [1.29, 1.82) is 0 Å². The zero-order valence-electron chi connectivity index (χ0n) is 9.33. The van der Waals surface area contributed by atoms with Crippen LogP contribution in [0.15, 0.2) is 18.2 Å². The maximum Gasteiger partial charge on any atom is 0.214 e. The van der Waals surface area contributed by atoms with E-state index in [1.807, 2.05) is 18.2 Å². The molecule has 0 aliphatic heterocycles. The van der Waals surface area contributed by atoms with Crippen LogP contribution in [0.4, 0.5) is 5.82 Å². The highest BCUT2D eigenvalue weighted by atomic mass is 79.9. The molecule has 15 heavy (non-hydrogen) atoms. The zero-order chi connectivity index (χ0) is 11.3. The summed E-state index contributed by atoms with van der Waals surface area (Å²) in [4.78, 5) is 4.30. The molecule has 0 radical (unpaired) electrons. The van der Waals surface area contributed by atoms with Gasteiger partial charge in [-0.25, -0.2) is 0 Å². The van der Waals surface area contributed by atoms with Crippen LogP contribution in [0, 0.1) is 5.92 Å². The fourth-order valence-corrected chi connectivity index (χ4v) is 1.68. The Labute approximate surface area is 99.4 Å². The summed E-state index contributed by atoms with van der Waals surface area (Å²) in [5.41, 5.74) is 0. The van der Waals surface area contributed by atoms with Gasteiger partial charge in [0.05, 0.1) is 7.11 Å². The third kappa shape index (κ3) is 3.70. The molecular formula is C11H17BrN2O. The summed E-state index contributed by atoms with van der Waals surface area (Å²) in [7, 11) is 1.62. The molecule has 1 aromatic rings. The molecule has 0 amide bonds. The SMILES string of the molecule is COc1cccc(NC(C)C(C)CBr)n1. The second-order valence-corrected chi connectivity index (χ2v) is 4.28. The van der Waals surface area contributed by atoms with E-state index in [2.05, 4.69) is 40.1 Å². The minimum Gasteiger partial charge on any atom is -0.481 e. The van der Waals surface area contributed by atoms with Gasteiger partial charge in [0.15, 0.2) is 0 Å². The first-order chi connectivity index (χ1) is 7.17. The highest BCUT2D eigenvalue weighted by Gasteiger charge is 2.10. The van der Waals surface area contributed by atoms with Crippen LogP contribution in [0.3, 0.4) is 0 Å². The Kier molecular flexibility index (Phi) is 4.88. The van der Waals surface area contributed by atoms with Crippen molar-refractivity contribution in [3.63, 3.8) is 0 Å². The van der Waals surface area contributed by atoms with Crippen LogP contribution >= 0.6 is 15.9 Å². The molecule has 3 nitrogen and oxygen atoms in total. The maximum atomic E-state index is 5.06. The van der Waals surface area contributed by atoms with E-state index in [0.717, 1.165) is 11.1 Å². The summed E-state index contributed by atoms with van der Waals surface area (Å²) in [6.45, 7) is 4.33. The Hall–Kier alpha value is -0.770. The van der Waals surface area contributed by atoms with Gasteiger partial charge in [0.25, 0.3) is 0 Å². The van der Waals surface area contributed by atoms with E-state index in [-0.39, 0.29) is 0 Å². The number of halogens is 1. The van der Waals surface area contributed by atoms with Gasteiger partial charge in [-0.15, -0.1) is 0 Å². The monoisotopic (exact) mass is 272 g/mol. The number of alkyl halides is 1. The van der Waals surface area contributed by atoms with Crippen molar-refractivity contribution in [3.8, 4) is 5.88 Å². The molecule has 0 saturated heterocycles. The van der Waals surface area contributed by atoms with Gasteiger partial charge >= 0.3 is 0 Å². The number of nitrogens with zero attached hydrogens (tertiary/aromatic N) is 1. The van der Waals surface area contributed by atoms with Crippen LogP contribution in [0.25, 0.3) is 0 Å². The summed E-state index contributed by atoms with van der Waals surface area (Å²) in [5, 5.41) is 4.32. The van der Waals surface area contributed by atoms with E-state index in [4.69, 9.17) is 4.74 Å². The van der Waals surface area contributed by atoms with E-state index in [1.165, 1.54) is 0 Å². The number of hydrogen-bond donors (Lipinski definition) is 1.